The Morgan fingerprint density at radius 3 is 1.98 bits per heavy atom. The van der Waals surface area contributed by atoms with Gasteiger partial charge >= 0.3 is 0 Å². The summed E-state index contributed by atoms with van der Waals surface area (Å²) in [6, 6.07) is 0. The number of hydrogen-bond acceptors (Lipinski definition) is 13. The summed E-state index contributed by atoms with van der Waals surface area (Å²) in [5, 5.41) is 97.3. The molecule has 0 bridgehead atoms. The summed E-state index contributed by atoms with van der Waals surface area (Å²) in [7, 11) is 0. The molecule has 5 saturated carbocycles. The van der Waals surface area contributed by atoms with Crippen molar-refractivity contribution in [3.63, 3.8) is 0 Å². The van der Waals surface area contributed by atoms with Crippen molar-refractivity contribution in [3.05, 3.63) is 0 Å². The Bertz CT molecular complexity index is 1390. The molecule has 7 fully saturated rings. The van der Waals surface area contributed by atoms with Crippen LogP contribution in [0.1, 0.15) is 113 Å². The number of aliphatic hydroxyl groups is 9. The van der Waals surface area contributed by atoms with E-state index < -0.39 is 91.1 Å². The first-order valence-electron chi connectivity index (χ1n) is 21.1. The van der Waals surface area contributed by atoms with Crippen molar-refractivity contribution < 1.29 is 64.9 Å². The van der Waals surface area contributed by atoms with Crippen molar-refractivity contribution in [2.75, 3.05) is 13.2 Å². The Morgan fingerprint density at radius 2 is 1.33 bits per heavy atom. The molecule has 0 aromatic carbocycles. The largest absolute Gasteiger partial charge is 0.396 e. The van der Waals surface area contributed by atoms with Crippen molar-refractivity contribution in [1.29, 1.82) is 0 Å². The van der Waals surface area contributed by atoms with Gasteiger partial charge in [0.25, 0.3) is 0 Å². The van der Waals surface area contributed by atoms with E-state index >= 15 is 0 Å². The van der Waals surface area contributed by atoms with Crippen LogP contribution in [-0.2, 0) is 18.9 Å². The molecule has 5 aliphatic carbocycles. The average Bonchev–Trinajstić information content (AvgIpc) is 3.49. The Balaban J connectivity index is 1.10. The summed E-state index contributed by atoms with van der Waals surface area (Å²) < 4.78 is 25.7. The summed E-state index contributed by atoms with van der Waals surface area (Å²) in [6.45, 7) is 16.9. The zero-order chi connectivity index (χ0) is 40.4. The van der Waals surface area contributed by atoms with Gasteiger partial charge in [0.2, 0.25) is 0 Å². The van der Waals surface area contributed by atoms with Crippen molar-refractivity contribution in [3.8, 4) is 0 Å². The molecule has 2 aliphatic heterocycles. The Morgan fingerprint density at radius 1 is 0.655 bits per heavy atom. The molecule has 13 nitrogen and oxygen atoms in total. The second kappa shape index (κ2) is 14.3. The van der Waals surface area contributed by atoms with Crippen molar-refractivity contribution in [2.45, 2.75) is 198 Å². The van der Waals surface area contributed by atoms with Crippen molar-refractivity contribution in [1.82, 2.24) is 0 Å². The molecule has 21 atom stereocenters. The van der Waals surface area contributed by atoms with Crippen LogP contribution in [-0.4, -0.2) is 144 Å². The van der Waals surface area contributed by atoms with E-state index in [1.807, 2.05) is 13.8 Å². The lowest BCUT2D eigenvalue weighted by molar-refractivity contribution is -0.331. The standard InChI is InChI=1S/C42H72O13/c1-37(2)26-10-14-40(6)27(16-22(44)29-21(9-13-41(29,40)7)42(8)17-23(45)35(51)38(3,4)55-42)39(26,5)12-11-28(37)54-36-34(31(48)24(46)19-52-36)53-25-15-20(18-43)30(47)33(50)32(25)49/h20-36,43-51H,9-19H2,1-8H3. The van der Waals surface area contributed by atoms with E-state index in [9.17, 15) is 46.0 Å². The fourth-order valence-corrected chi connectivity index (χ4v) is 14.6. The third kappa shape index (κ3) is 6.43. The van der Waals surface area contributed by atoms with E-state index in [0.29, 0.717) is 19.3 Å². The molecule has 0 aromatic rings. The summed E-state index contributed by atoms with van der Waals surface area (Å²) in [4.78, 5) is 0. The van der Waals surface area contributed by atoms with Crippen LogP contribution in [0.2, 0.25) is 0 Å². The van der Waals surface area contributed by atoms with Gasteiger partial charge in [0.05, 0.1) is 48.3 Å². The van der Waals surface area contributed by atoms with E-state index in [-0.39, 0.29) is 64.5 Å². The molecule has 2 saturated heterocycles. The lowest BCUT2D eigenvalue weighted by Crippen LogP contribution is -2.68. The zero-order valence-electron chi connectivity index (χ0n) is 34.3. The third-order valence-electron chi connectivity index (χ3n) is 17.7. The topological polar surface area (TPSA) is 219 Å². The first kappa shape index (κ1) is 42.6. The molecule has 7 rings (SSSR count). The Hall–Kier alpha value is -0.520. The van der Waals surface area contributed by atoms with Crippen LogP contribution in [0.25, 0.3) is 0 Å². The molecule has 7 aliphatic rings. The van der Waals surface area contributed by atoms with Crippen LogP contribution in [0.3, 0.4) is 0 Å². The minimum Gasteiger partial charge on any atom is -0.396 e. The highest BCUT2D eigenvalue weighted by atomic mass is 16.7. The van der Waals surface area contributed by atoms with Crippen molar-refractivity contribution in [2.24, 2.45) is 51.2 Å². The number of hydrogen-bond donors (Lipinski definition) is 9. The number of rotatable bonds is 6. The minimum atomic E-state index is -1.56. The lowest BCUT2D eigenvalue weighted by Gasteiger charge is -2.71. The Kier molecular flexibility index (Phi) is 11.1. The summed E-state index contributed by atoms with van der Waals surface area (Å²) >= 11 is 0. The van der Waals surface area contributed by atoms with Gasteiger partial charge < -0.3 is 64.9 Å². The molecule has 0 aromatic heterocycles. The van der Waals surface area contributed by atoms with Gasteiger partial charge in [-0.3, -0.25) is 0 Å². The average molecular weight is 785 g/mol. The van der Waals surface area contributed by atoms with Gasteiger partial charge in [0.15, 0.2) is 6.29 Å². The van der Waals surface area contributed by atoms with Gasteiger partial charge in [-0.25, -0.2) is 0 Å². The summed E-state index contributed by atoms with van der Waals surface area (Å²) in [6.07, 6.45) is -6.70. The highest BCUT2D eigenvalue weighted by Crippen LogP contribution is 2.76. The second-order valence-electron chi connectivity index (χ2n) is 21.2. The van der Waals surface area contributed by atoms with Gasteiger partial charge in [-0.1, -0.05) is 34.6 Å². The fourth-order valence-electron chi connectivity index (χ4n) is 14.6. The predicted molar refractivity (Wildman–Crippen MR) is 199 cm³/mol. The molecule has 0 spiro atoms. The Labute approximate surface area is 326 Å². The van der Waals surface area contributed by atoms with Crippen molar-refractivity contribution >= 4 is 0 Å². The monoisotopic (exact) mass is 784 g/mol. The van der Waals surface area contributed by atoms with Crippen LogP contribution in [0.5, 0.6) is 0 Å². The first-order valence-corrected chi connectivity index (χ1v) is 21.1. The first-order chi connectivity index (χ1) is 25.5. The molecule has 0 radical (unpaired) electrons. The SMILES string of the molecule is CC1(C)OC(C)(C2CCC3(C)C2C(O)CC2C4(C)CCC(OC5OCC(O)C(O)C5OC5CC(CO)C(O)C(O)C5O)C(C)(C)C4CCC23C)CC(O)C1O. The highest BCUT2D eigenvalue weighted by Gasteiger charge is 2.72. The zero-order valence-corrected chi connectivity index (χ0v) is 34.3. The number of fused-ring (bicyclic) bond motifs is 5. The summed E-state index contributed by atoms with van der Waals surface area (Å²) in [5.74, 6) is -0.240. The predicted octanol–water partition coefficient (Wildman–Crippen LogP) is 1.63. The van der Waals surface area contributed by atoms with Gasteiger partial charge in [0, 0.05) is 18.9 Å². The fraction of sp³-hybridized carbons (Fsp3) is 1.00. The maximum absolute atomic E-state index is 12.3. The summed E-state index contributed by atoms with van der Waals surface area (Å²) in [5.41, 5.74) is -2.29. The van der Waals surface area contributed by atoms with Crippen LogP contribution in [0.15, 0.2) is 0 Å². The smallest absolute Gasteiger partial charge is 0.186 e. The van der Waals surface area contributed by atoms with E-state index in [2.05, 4.69) is 41.5 Å². The molecule has 55 heavy (non-hydrogen) atoms. The number of aliphatic hydroxyl groups excluding tert-OH is 9. The third-order valence-corrected chi connectivity index (χ3v) is 17.7. The minimum absolute atomic E-state index is 0.00768. The molecule has 2 heterocycles. The molecular formula is C42H72O13. The van der Waals surface area contributed by atoms with E-state index in [4.69, 9.17) is 18.9 Å². The van der Waals surface area contributed by atoms with E-state index in [1.165, 1.54) is 0 Å². The van der Waals surface area contributed by atoms with Gasteiger partial charge in [-0.15, -0.1) is 0 Å². The molecule has 318 valence electrons. The molecule has 13 heteroatoms. The quantitative estimate of drug-likeness (QED) is 0.175. The second-order valence-corrected chi connectivity index (χ2v) is 21.2. The van der Waals surface area contributed by atoms with E-state index in [0.717, 1.165) is 32.1 Å². The number of ether oxygens (including phenoxy) is 4. The molecule has 9 N–H and O–H groups in total. The molecule has 0 amide bonds. The highest BCUT2D eigenvalue weighted by molar-refractivity contribution is 5.21. The van der Waals surface area contributed by atoms with Gasteiger partial charge in [0.1, 0.15) is 36.6 Å². The van der Waals surface area contributed by atoms with Crippen LogP contribution in [0.4, 0.5) is 0 Å². The van der Waals surface area contributed by atoms with E-state index in [1.54, 1.807) is 0 Å². The van der Waals surface area contributed by atoms with Gasteiger partial charge in [-0.2, -0.15) is 0 Å². The molecule has 21 unspecified atom stereocenters. The lowest BCUT2D eigenvalue weighted by atomic mass is 9.35. The van der Waals surface area contributed by atoms with Crippen LogP contribution in [0, 0.1) is 51.2 Å². The maximum Gasteiger partial charge on any atom is 0.186 e. The normalized spacial score (nSPS) is 57.7. The maximum atomic E-state index is 12.3. The van der Waals surface area contributed by atoms with Gasteiger partial charge in [-0.05, 0) is 117 Å². The van der Waals surface area contributed by atoms with Crippen LogP contribution >= 0.6 is 0 Å². The van der Waals surface area contributed by atoms with Crippen LogP contribution < -0.4 is 0 Å². The molecular weight excluding hydrogens is 712 g/mol.